The van der Waals surface area contributed by atoms with Gasteiger partial charge in [0, 0.05) is 12.5 Å². The summed E-state index contributed by atoms with van der Waals surface area (Å²) < 4.78 is 10.9. The first-order chi connectivity index (χ1) is 8.93. The summed E-state index contributed by atoms with van der Waals surface area (Å²) in [5, 5.41) is 2.87. The Labute approximate surface area is 115 Å². The van der Waals surface area contributed by atoms with Crippen molar-refractivity contribution in [3.05, 3.63) is 23.8 Å². The summed E-state index contributed by atoms with van der Waals surface area (Å²) in [6, 6.07) is 5.69. The Morgan fingerprint density at radius 2 is 1.89 bits per heavy atom. The van der Waals surface area contributed by atoms with E-state index in [9.17, 15) is 4.79 Å². The first-order valence-electron chi connectivity index (χ1n) is 6.55. The molecule has 0 heterocycles. The fourth-order valence-corrected chi connectivity index (χ4v) is 1.57. The van der Waals surface area contributed by atoms with Gasteiger partial charge in [-0.2, -0.15) is 0 Å². The van der Waals surface area contributed by atoms with Crippen molar-refractivity contribution in [1.29, 1.82) is 0 Å². The van der Waals surface area contributed by atoms with Crippen LogP contribution in [-0.2, 0) is 11.3 Å². The van der Waals surface area contributed by atoms with E-state index in [-0.39, 0.29) is 17.9 Å². The highest BCUT2D eigenvalue weighted by Crippen LogP contribution is 2.28. The van der Waals surface area contributed by atoms with Gasteiger partial charge in [-0.25, -0.2) is 0 Å². The SMILES string of the molecule is COc1cc(CNC(=O)C(C)C)ccc1OC(C)C. The van der Waals surface area contributed by atoms with Crippen LogP contribution in [0.1, 0.15) is 33.3 Å². The summed E-state index contributed by atoms with van der Waals surface area (Å²) >= 11 is 0. The zero-order chi connectivity index (χ0) is 14.4. The van der Waals surface area contributed by atoms with Crippen molar-refractivity contribution in [3.8, 4) is 11.5 Å². The van der Waals surface area contributed by atoms with Crippen LogP contribution in [0.25, 0.3) is 0 Å². The summed E-state index contributed by atoms with van der Waals surface area (Å²) in [5.41, 5.74) is 0.988. The van der Waals surface area contributed by atoms with Crippen LogP contribution in [0.2, 0.25) is 0 Å². The first-order valence-corrected chi connectivity index (χ1v) is 6.55. The standard InChI is InChI=1S/C15H23NO3/c1-10(2)15(17)16-9-12-6-7-13(19-11(3)4)14(8-12)18-5/h6-8,10-11H,9H2,1-5H3,(H,16,17). The summed E-state index contributed by atoms with van der Waals surface area (Å²) in [5.74, 6) is 1.44. The molecule has 0 aromatic heterocycles. The molecule has 1 aromatic carbocycles. The van der Waals surface area contributed by atoms with Crippen LogP contribution in [0.3, 0.4) is 0 Å². The highest BCUT2D eigenvalue weighted by Gasteiger charge is 2.09. The molecule has 0 aliphatic carbocycles. The van der Waals surface area contributed by atoms with E-state index in [1.165, 1.54) is 0 Å². The molecule has 0 aliphatic heterocycles. The number of nitrogens with one attached hydrogen (secondary N) is 1. The minimum absolute atomic E-state index is 0.00885. The Balaban J connectivity index is 2.74. The molecule has 0 spiro atoms. The van der Waals surface area contributed by atoms with Crippen LogP contribution in [0.5, 0.6) is 11.5 Å². The normalized spacial score (nSPS) is 10.7. The lowest BCUT2D eigenvalue weighted by Gasteiger charge is -2.15. The number of benzene rings is 1. The van der Waals surface area contributed by atoms with Crippen molar-refractivity contribution >= 4 is 5.91 Å². The van der Waals surface area contributed by atoms with E-state index in [0.29, 0.717) is 12.3 Å². The van der Waals surface area contributed by atoms with Gasteiger partial charge in [-0.15, -0.1) is 0 Å². The zero-order valence-electron chi connectivity index (χ0n) is 12.3. The predicted molar refractivity (Wildman–Crippen MR) is 75.4 cm³/mol. The molecule has 0 atom stereocenters. The van der Waals surface area contributed by atoms with E-state index < -0.39 is 0 Å². The second kappa shape index (κ2) is 7.02. The van der Waals surface area contributed by atoms with Crippen LogP contribution in [0.15, 0.2) is 18.2 Å². The molecule has 0 aliphatic rings. The third-order valence-electron chi connectivity index (χ3n) is 2.58. The third-order valence-corrected chi connectivity index (χ3v) is 2.58. The number of hydrogen-bond acceptors (Lipinski definition) is 3. The molecule has 0 fully saturated rings. The topological polar surface area (TPSA) is 47.6 Å². The Bertz CT molecular complexity index is 427. The highest BCUT2D eigenvalue weighted by atomic mass is 16.5. The Morgan fingerprint density at radius 1 is 1.21 bits per heavy atom. The Morgan fingerprint density at radius 3 is 2.42 bits per heavy atom. The molecule has 1 N–H and O–H groups in total. The quantitative estimate of drug-likeness (QED) is 0.860. The number of hydrogen-bond donors (Lipinski definition) is 1. The van der Waals surface area contributed by atoms with Gasteiger partial charge in [0.2, 0.25) is 5.91 Å². The summed E-state index contributed by atoms with van der Waals surface area (Å²) in [7, 11) is 1.61. The highest BCUT2D eigenvalue weighted by molar-refractivity contribution is 5.77. The van der Waals surface area contributed by atoms with E-state index in [2.05, 4.69) is 5.32 Å². The minimum Gasteiger partial charge on any atom is -0.493 e. The second-order valence-corrected chi connectivity index (χ2v) is 5.02. The number of methoxy groups -OCH3 is 1. The van der Waals surface area contributed by atoms with Crippen molar-refractivity contribution in [1.82, 2.24) is 5.32 Å². The molecule has 0 saturated carbocycles. The molecule has 0 unspecified atom stereocenters. The van der Waals surface area contributed by atoms with E-state index in [1.54, 1.807) is 7.11 Å². The predicted octanol–water partition coefficient (Wildman–Crippen LogP) is 2.75. The molecule has 1 amide bonds. The molecule has 4 heteroatoms. The number of rotatable bonds is 6. The van der Waals surface area contributed by atoms with Crippen molar-refractivity contribution in [2.24, 2.45) is 5.92 Å². The Hall–Kier alpha value is -1.71. The molecule has 0 bridgehead atoms. The van der Waals surface area contributed by atoms with Gasteiger partial charge in [-0.1, -0.05) is 19.9 Å². The van der Waals surface area contributed by atoms with Crippen LogP contribution in [0.4, 0.5) is 0 Å². The maximum absolute atomic E-state index is 11.5. The smallest absolute Gasteiger partial charge is 0.222 e. The van der Waals surface area contributed by atoms with Gasteiger partial charge in [0.25, 0.3) is 0 Å². The van der Waals surface area contributed by atoms with Crippen LogP contribution < -0.4 is 14.8 Å². The summed E-state index contributed by atoms with van der Waals surface area (Å²) in [6.45, 7) is 8.17. The van der Waals surface area contributed by atoms with Crippen molar-refractivity contribution in [3.63, 3.8) is 0 Å². The molecule has 1 aromatic rings. The fraction of sp³-hybridized carbons (Fsp3) is 0.533. The Kier molecular flexibility index (Phi) is 5.67. The number of amides is 1. The van der Waals surface area contributed by atoms with E-state index >= 15 is 0 Å². The molecular formula is C15H23NO3. The van der Waals surface area contributed by atoms with Gasteiger partial charge in [0.15, 0.2) is 11.5 Å². The average Bonchev–Trinajstić information content (AvgIpc) is 2.36. The molecular weight excluding hydrogens is 242 g/mol. The summed E-state index contributed by atoms with van der Waals surface area (Å²) in [6.07, 6.45) is 0.0976. The van der Waals surface area contributed by atoms with Gasteiger partial charge in [0.1, 0.15) is 0 Å². The molecule has 1 rings (SSSR count). The maximum atomic E-state index is 11.5. The van der Waals surface area contributed by atoms with E-state index in [1.807, 2.05) is 45.9 Å². The molecule has 19 heavy (non-hydrogen) atoms. The minimum atomic E-state index is -0.00885. The van der Waals surface area contributed by atoms with Gasteiger partial charge in [-0.3, -0.25) is 4.79 Å². The van der Waals surface area contributed by atoms with Gasteiger partial charge >= 0.3 is 0 Å². The zero-order valence-corrected chi connectivity index (χ0v) is 12.3. The van der Waals surface area contributed by atoms with Gasteiger partial charge in [-0.05, 0) is 31.5 Å². The van der Waals surface area contributed by atoms with Crippen LogP contribution in [-0.4, -0.2) is 19.1 Å². The largest absolute Gasteiger partial charge is 0.493 e. The fourth-order valence-electron chi connectivity index (χ4n) is 1.57. The molecule has 0 saturated heterocycles. The molecule has 4 nitrogen and oxygen atoms in total. The lowest BCUT2D eigenvalue weighted by Crippen LogP contribution is -2.27. The van der Waals surface area contributed by atoms with E-state index in [4.69, 9.17) is 9.47 Å². The molecule has 0 radical (unpaired) electrons. The van der Waals surface area contributed by atoms with Crippen LogP contribution >= 0.6 is 0 Å². The summed E-state index contributed by atoms with van der Waals surface area (Å²) in [4.78, 5) is 11.5. The third kappa shape index (κ3) is 4.81. The lowest BCUT2D eigenvalue weighted by atomic mass is 10.1. The molecule has 106 valence electrons. The number of carbonyl (C=O) groups is 1. The van der Waals surface area contributed by atoms with Gasteiger partial charge < -0.3 is 14.8 Å². The second-order valence-electron chi connectivity index (χ2n) is 5.02. The van der Waals surface area contributed by atoms with Crippen molar-refractivity contribution in [2.45, 2.75) is 40.3 Å². The van der Waals surface area contributed by atoms with Crippen molar-refractivity contribution < 1.29 is 14.3 Å². The number of ether oxygens (including phenoxy) is 2. The number of carbonyl (C=O) groups excluding carboxylic acids is 1. The first kappa shape index (κ1) is 15.3. The van der Waals surface area contributed by atoms with Crippen LogP contribution in [0, 0.1) is 5.92 Å². The van der Waals surface area contributed by atoms with E-state index in [0.717, 1.165) is 11.3 Å². The lowest BCUT2D eigenvalue weighted by molar-refractivity contribution is -0.124. The van der Waals surface area contributed by atoms with Gasteiger partial charge in [0.05, 0.1) is 13.2 Å². The monoisotopic (exact) mass is 265 g/mol. The maximum Gasteiger partial charge on any atom is 0.222 e. The van der Waals surface area contributed by atoms with Crippen molar-refractivity contribution in [2.75, 3.05) is 7.11 Å². The average molecular weight is 265 g/mol.